The number of benzene rings is 2. The lowest BCUT2D eigenvalue weighted by molar-refractivity contribution is -0.131. The maximum Gasteiger partial charge on any atom is 0.254 e. The fourth-order valence-corrected chi connectivity index (χ4v) is 3.24. The summed E-state index contributed by atoms with van der Waals surface area (Å²) in [4.78, 5) is 38.4. The van der Waals surface area contributed by atoms with Crippen molar-refractivity contribution in [3.8, 4) is 0 Å². The summed E-state index contributed by atoms with van der Waals surface area (Å²) in [5.41, 5.74) is 0.608. The van der Waals surface area contributed by atoms with Crippen LogP contribution < -0.4 is 5.32 Å². The van der Waals surface area contributed by atoms with Crippen molar-refractivity contribution in [3.05, 3.63) is 71.5 Å². The molecule has 1 N–H and O–H groups in total. The third-order valence-corrected chi connectivity index (χ3v) is 4.80. The van der Waals surface area contributed by atoms with Gasteiger partial charge in [-0.1, -0.05) is 42.5 Å². The van der Waals surface area contributed by atoms with Crippen LogP contribution in [0.4, 0.5) is 4.39 Å². The maximum atomic E-state index is 13.6. The number of halogens is 1. The molecule has 0 radical (unpaired) electrons. The number of hydrogen-bond donors (Lipinski definition) is 1. The second kappa shape index (κ2) is 8.58. The molecule has 0 aromatic heterocycles. The Bertz CT molecular complexity index is 830. The van der Waals surface area contributed by atoms with Crippen LogP contribution in [-0.2, 0) is 4.79 Å². The van der Waals surface area contributed by atoms with Crippen LogP contribution in [0.15, 0.2) is 54.6 Å². The van der Waals surface area contributed by atoms with Gasteiger partial charge in [-0.3, -0.25) is 14.4 Å². The lowest BCUT2D eigenvalue weighted by Gasteiger charge is -2.31. The Labute approximate surface area is 157 Å². The van der Waals surface area contributed by atoms with Gasteiger partial charge in [-0.15, -0.1) is 0 Å². The van der Waals surface area contributed by atoms with Crippen LogP contribution >= 0.6 is 0 Å². The predicted octanol–water partition coefficient (Wildman–Crippen LogP) is 2.68. The minimum absolute atomic E-state index is 0.0857. The van der Waals surface area contributed by atoms with E-state index in [2.05, 4.69) is 5.32 Å². The standard InChI is InChI=1S/C21H21FN2O3/c22-18-9-5-4-8-17(18)21(27)23-14-19(25)24-12-10-16(11-13-24)20(26)15-6-2-1-3-7-15/h1-9,16H,10-14H2,(H,23,27). The van der Waals surface area contributed by atoms with Crippen LogP contribution in [0.25, 0.3) is 0 Å². The van der Waals surface area contributed by atoms with Gasteiger partial charge < -0.3 is 10.2 Å². The molecular formula is C21H21FN2O3. The number of Topliss-reactive ketones (excluding diaryl/α,β-unsaturated/α-hetero) is 1. The predicted molar refractivity (Wildman–Crippen MR) is 98.8 cm³/mol. The average molecular weight is 368 g/mol. The third-order valence-electron chi connectivity index (χ3n) is 4.80. The largest absolute Gasteiger partial charge is 0.343 e. The Morgan fingerprint density at radius 2 is 1.59 bits per heavy atom. The van der Waals surface area contributed by atoms with Gasteiger partial charge in [0.1, 0.15) is 5.82 Å². The fourth-order valence-electron chi connectivity index (χ4n) is 3.24. The van der Waals surface area contributed by atoms with Crippen LogP contribution in [0, 0.1) is 11.7 Å². The topological polar surface area (TPSA) is 66.5 Å². The van der Waals surface area contributed by atoms with E-state index < -0.39 is 11.7 Å². The van der Waals surface area contributed by atoms with Gasteiger partial charge in [-0.05, 0) is 25.0 Å². The van der Waals surface area contributed by atoms with Crippen molar-refractivity contribution in [2.75, 3.05) is 19.6 Å². The average Bonchev–Trinajstić information content (AvgIpc) is 2.72. The molecule has 1 aliphatic rings. The zero-order valence-electron chi connectivity index (χ0n) is 14.9. The summed E-state index contributed by atoms with van der Waals surface area (Å²) in [6, 6.07) is 14.8. The highest BCUT2D eigenvalue weighted by Gasteiger charge is 2.28. The quantitative estimate of drug-likeness (QED) is 0.825. The van der Waals surface area contributed by atoms with Crippen LogP contribution in [-0.4, -0.2) is 42.1 Å². The first-order chi connectivity index (χ1) is 13.1. The molecule has 0 atom stereocenters. The molecule has 5 nitrogen and oxygen atoms in total. The molecule has 0 unspecified atom stereocenters. The van der Waals surface area contributed by atoms with E-state index in [9.17, 15) is 18.8 Å². The molecule has 1 saturated heterocycles. The van der Waals surface area contributed by atoms with Crippen molar-refractivity contribution in [1.29, 1.82) is 0 Å². The Balaban J connectivity index is 1.48. The zero-order valence-corrected chi connectivity index (χ0v) is 14.9. The van der Waals surface area contributed by atoms with E-state index in [0.29, 0.717) is 31.5 Å². The van der Waals surface area contributed by atoms with Crippen LogP contribution in [0.3, 0.4) is 0 Å². The molecule has 140 valence electrons. The smallest absolute Gasteiger partial charge is 0.254 e. The first kappa shape index (κ1) is 18.8. The monoisotopic (exact) mass is 368 g/mol. The van der Waals surface area contributed by atoms with Gasteiger partial charge in [0.15, 0.2) is 5.78 Å². The molecule has 0 saturated carbocycles. The Hall–Kier alpha value is -3.02. The van der Waals surface area contributed by atoms with Gasteiger partial charge >= 0.3 is 0 Å². The van der Waals surface area contributed by atoms with Crippen LogP contribution in [0.1, 0.15) is 33.6 Å². The highest BCUT2D eigenvalue weighted by molar-refractivity contribution is 5.98. The molecule has 3 rings (SSSR count). The zero-order chi connectivity index (χ0) is 19.2. The molecule has 27 heavy (non-hydrogen) atoms. The number of carbonyl (C=O) groups excluding carboxylic acids is 3. The lowest BCUT2D eigenvalue weighted by Crippen LogP contribution is -2.45. The second-order valence-electron chi connectivity index (χ2n) is 6.55. The van der Waals surface area contributed by atoms with Gasteiger partial charge in [0.05, 0.1) is 12.1 Å². The van der Waals surface area contributed by atoms with Gasteiger partial charge in [0.25, 0.3) is 5.91 Å². The fraction of sp³-hybridized carbons (Fsp3) is 0.286. The minimum Gasteiger partial charge on any atom is -0.343 e. The number of carbonyl (C=O) groups is 3. The molecule has 2 amide bonds. The van der Waals surface area contributed by atoms with Crippen LogP contribution in [0.5, 0.6) is 0 Å². The van der Waals surface area contributed by atoms with Crippen molar-refractivity contribution in [2.45, 2.75) is 12.8 Å². The summed E-state index contributed by atoms with van der Waals surface area (Å²) in [7, 11) is 0. The molecule has 0 spiro atoms. The van der Waals surface area contributed by atoms with E-state index in [4.69, 9.17) is 0 Å². The van der Waals surface area contributed by atoms with Crippen molar-refractivity contribution in [2.24, 2.45) is 5.92 Å². The number of nitrogens with one attached hydrogen (secondary N) is 1. The lowest BCUT2D eigenvalue weighted by atomic mass is 9.89. The number of nitrogens with zero attached hydrogens (tertiary/aromatic N) is 1. The number of hydrogen-bond acceptors (Lipinski definition) is 3. The summed E-state index contributed by atoms with van der Waals surface area (Å²) in [5.74, 6) is -1.46. The molecule has 1 aliphatic heterocycles. The Kier molecular flexibility index (Phi) is 5.96. The first-order valence-corrected chi connectivity index (χ1v) is 8.96. The first-order valence-electron chi connectivity index (χ1n) is 8.96. The number of likely N-dealkylation sites (tertiary alicyclic amines) is 1. The molecule has 2 aromatic rings. The van der Waals surface area contributed by atoms with E-state index in [-0.39, 0.29) is 29.7 Å². The molecule has 0 aliphatic carbocycles. The normalized spacial score (nSPS) is 14.6. The van der Waals surface area contributed by atoms with Crippen LogP contribution in [0.2, 0.25) is 0 Å². The number of ketones is 1. The summed E-state index contributed by atoms with van der Waals surface area (Å²) >= 11 is 0. The molecule has 0 bridgehead atoms. The molecule has 1 heterocycles. The van der Waals surface area contributed by atoms with Gasteiger partial charge in [-0.25, -0.2) is 4.39 Å². The summed E-state index contributed by atoms with van der Waals surface area (Å²) < 4.78 is 13.6. The van der Waals surface area contributed by atoms with Gasteiger partial charge in [0, 0.05) is 24.6 Å². The molecule has 1 fully saturated rings. The summed E-state index contributed by atoms with van der Waals surface area (Å²) in [5, 5.41) is 2.46. The van der Waals surface area contributed by atoms with E-state index in [1.807, 2.05) is 18.2 Å². The number of rotatable bonds is 5. The number of amides is 2. The van der Waals surface area contributed by atoms with E-state index in [1.54, 1.807) is 23.1 Å². The van der Waals surface area contributed by atoms with Gasteiger partial charge in [-0.2, -0.15) is 0 Å². The van der Waals surface area contributed by atoms with Gasteiger partial charge in [0.2, 0.25) is 5.91 Å². The van der Waals surface area contributed by atoms with Crippen molar-refractivity contribution in [3.63, 3.8) is 0 Å². The van der Waals surface area contributed by atoms with E-state index in [1.165, 1.54) is 18.2 Å². The number of piperidine rings is 1. The van der Waals surface area contributed by atoms with Crippen molar-refractivity contribution >= 4 is 17.6 Å². The molecule has 6 heteroatoms. The highest BCUT2D eigenvalue weighted by Crippen LogP contribution is 2.21. The molecular weight excluding hydrogens is 347 g/mol. The minimum atomic E-state index is -0.623. The Morgan fingerprint density at radius 3 is 2.26 bits per heavy atom. The SMILES string of the molecule is O=C(NCC(=O)N1CCC(C(=O)c2ccccc2)CC1)c1ccccc1F. The third kappa shape index (κ3) is 4.58. The van der Waals surface area contributed by atoms with E-state index >= 15 is 0 Å². The summed E-state index contributed by atoms with van der Waals surface area (Å²) in [6.45, 7) is 0.750. The van der Waals surface area contributed by atoms with Crippen molar-refractivity contribution in [1.82, 2.24) is 10.2 Å². The second-order valence-corrected chi connectivity index (χ2v) is 6.55. The van der Waals surface area contributed by atoms with Crippen molar-refractivity contribution < 1.29 is 18.8 Å². The Morgan fingerprint density at radius 1 is 0.963 bits per heavy atom. The van der Waals surface area contributed by atoms with E-state index in [0.717, 1.165) is 0 Å². The molecule has 2 aromatic carbocycles. The maximum absolute atomic E-state index is 13.6. The highest BCUT2D eigenvalue weighted by atomic mass is 19.1. The summed E-state index contributed by atoms with van der Waals surface area (Å²) in [6.07, 6.45) is 1.20.